The second-order valence-corrected chi connectivity index (χ2v) is 6.32. The topological polar surface area (TPSA) is 21.3 Å². The van der Waals surface area contributed by atoms with Gasteiger partial charge in [0.05, 0.1) is 6.10 Å². The van der Waals surface area contributed by atoms with E-state index in [1.54, 1.807) is 0 Å². The molecule has 0 aliphatic carbocycles. The average molecular weight is 261 g/mol. The molecule has 1 aliphatic heterocycles. The maximum Gasteiger partial charge on any atom is 0.0726 e. The van der Waals surface area contributed by atoms with Crippen LogP contribution in [-0.4, -0.2) is 24.8 Å². The predicted molar refractivity (Wildman–Crippen MR) is 80.5 cm³/mol. The van der Waals surface area contributed by atoms with E-state index in [0.29, 0.717) is 17.9 Å². The Kier molecular flexibility index (Phi) is 4.64. The molecule has 1 aromatic rings. The number of hydrogen-bond acceptors (Lipinski definition) is 2. The summed E-state index contributed by atoms with van der Waals surface area (Å²) in [5.41, 5.74) is 1.56. The van der Waals surface area contributed by atoms with Crippen molar-refractivity contribution in [3.63, 3.8) is 0 Å². The van der Waals surface area contributed by atoms with Crippen LogP contribution in [0.5, 0.6) is 0 Å². The van der Waals surface area contributed by atoms with E-state index in [1.165, 1.54) is 5.56 Å². The molecule has 106 valence electrons. The van der Waals surface area contributed by atoms with Gasteiger partial charge in [0.1, 0.15) is 0 Å². The van der Waals surface area contributed by atoms with Crippen molar-refractivity contribution in [2.24, 2.45) is 5.92 Å². The van der Waals surface area contributed by atoms with Gasteiger partial charge in [-0.1, -0.05) is 44.2 Å². The number of hydrogen-bond donors (Lipinski definition) is 1. The van der Waals surface area contributed by atoms with Crippen LogP contribution in [0.4, 0.5) is 0 Å². The Morgan fingerprint density at radius 2 is 2.00 bits per heavy atom. The Hall–Kier alpha value is -0.860. The second kappa shape index (κ2) is 6.06. The molecule has 0 radical (unpaired) electrons. The zero-order valence-corrected chi connectivity index (χ0v) is 12.6. The van der Waals surface area contributed by atoms with Crippen LogP contribution >= 0.6 is 0 Å². The fraction of sp³-hybridized carbons (Fsp3) is 0.647. The van der Waals surface area contributed by atoms with E-state index in [1.807, 2.05) is 0 Å². The fourth-order valence-electron chi connectivity index (χ4n) is 2.85. The van der Waals surface area contributed by atoms with Gasteiger partial charge in [0.15, 0.2) is 0 Å². The fourth-order valence-corrected chi connectivity index (χ4v) is 2.85. The molecule has 1 aromatic carbocycles. The van der Waals surface area contributed by atoms with Crippen molar-refractivity contribution in [3.05, 3.63) is 35.9 Å². The van der Waals surface area contributed by atoms with Crippen LogP contribution in [0.15, 0.2) is 30.3 Å². The zero-order valence-electron chi connectivity index (χ0n) is 12.6. The molecule has 19 heavy (non-hydrogen) atoms. The van der Waals surface area contributed by atoms with E-state index in [9.17, 15) is 0 Å². The first-order valence-corrected chi connectivity index (χ1v) is 7.44. The summed E-state index contributed by atoms with van der Waals surface area (Å²) in [6.07, 6.45) is 1.41. The molecular weight excluding hydrogens is 234 g/mol. The quantitative estimate of drug-likeness (QED) is 0.874. The van der Waals surface area contributed by atoms with E-state index in [4.69, 9.17) is 4.74 Å². The molecule has 1 heterocycles. The van der Waals surface area contributed by atoms with Crippen molar-refractivity contribution < 1.29 is 4.74 Å². The van der Waals surface area contributed by atoms with E-state index >= 15 is 0 Å². The molecule has 2 rings (SSSR count). The first-order valence-electron chi connectivity index (χ1n) is 7.44. The van der Waals surface area contributed by atoms with Gasteiger partial charge in [-0.25, -0.2) is 0 Å². The van der Waals surface area contributed by atoms with E-state index in [-0.39, 0.29) is 5.54 Å². The van der Waals surface area contributed by atoms with Crippen LogP contribution < -0.4 is 5.32 Å². The summed E-state index contributed by atoms with van der Waals surface area (Å²) < 4.78 is 5.70. The predicted octanol–water partition coefficient (Wildman–Crippen LogP) is 3.58. The first kappa shape index (κ1) is 14.5. The lowest BCUT2D eigenvalue weighted by molar-refractivity contribution is 0.0876. The van der Waals surface area contributed by atoms with E-state index in [0.717, 1.165) is 19.6 Å². The average Bonchev–Trinajstić information content (AvgIpc) is 2.71. The molecule has 2 nitrogen and oxygen atoms in total. The standard InChI is InChI=1S/C17H27NO/c1-13(2)16(15-8-6-5-7-9-15)12-18-17(4)10-11-19-14(17)3/h5-9,13-14,16,18H,10-12H2,1-4H3. The van der Waals surface area contributed by atoms with Gasteiger partial charge in [-0.05, 0) is 37.7 Å². The summed E-state index contributed by atoms with van der Waals surface area (Å²) >= 11 is 0. The molecule has 1 saturated heterocycles. The molecule has 1 aliphatic rings. The van der Waals surface area contributed by atoms with Gasteiger partial charge in [-0.3, -0.25) is 0 Å². The van der Waals surface area contributed by atoms with Crippen molar-refractivity contribution in [3.8, 4) is 0 Å². The van der Waals surface area contributed by atoms with Crippen LogP contribution in [0, 0.1) is 5.92 Å². The number of ether oxygens (including phenoxy) is 1. The third-order valence-electron chi connectivity index (χ3n) is 4.64. The summed E-state index contributed by atoms with van der Waals surface area (Å²) in [7, 11) is 0. The Balaban J connectivity index is 2.02. The smallest absolute Gasteiger partial charge is 0.0726 e. The lowest BCUT2D eigenvalue weighted by Gasteiger charge is -2.32. The van der Waals surface area contributed by atoms with Gasteiger partial charge in [0, 0.05) is 18.7 Å². The monoisotopic (exact) mass is 261 g/mol. The molecule has 2 heteroatoms. The van der Waals surface area contributed by atoms with E-state index < -0.39 is 0 Å². The molecule has 1 fully saturated rings. The maximum absolute atomic E-state index is 5.70. The zero-order chi connectivity index (χ0) is 13.9. The van der Waals surface area contributed by atoms with Gasteiger partial charge >= 0.3 is 0 Å². The maximum atomic E-state index is 5.70. The highest BCUT2D eigenvalue weighted by Crippen LogP contribution is 2.28. The molecule has 1 N–H and O–H groups in total. The first-order chi connectivity index (χ1) is 9.03. The summed E-state index contributed by atoms with van der Waals surface area (Å²) in [5, 5.41) is 3.76. The van der Waals surface area contributed by atoms with Crippen LogP contribution in [0.25, 0.3) is 0 Å². The molecule has 0 aromatic heterocycles. The summed E-state index contributed by atoms with van der Waals surface area (Å²) in [6, 6.07) is 10.8. The molecular formula is C17H27NO. The molecule has 0 saturated carbocycles. The molecule has 0 amide bonds. The van der Waals surface area contributed by atoms with Gasteiger partial charge in [-0.15, -0.1) is 0 Å². The minimum atomic E-state index is 0.127. The van der Waals surface area contributed by atoms with Gasteiger partial charge < -0.3 is 10.1 Å². The minimum Gasteiger partial charge on any atom is -0.377 e. The van der Waals surface area contributed by atoms with Crippen molar-refractivity contribution in [2.75, 3.05) is 13.2 Å². The second-order valence-electron chi connectivity index (χ2n) is 6.32. The van der Waals surface area contributed by atoms with Gasteiger partial charge in [-0.2, -0.15) is 0 Å². The van der Waals surface area contributed by atoms with Gasteiger partial charge in [0.2, 0.25) is 0 Å². The number of rotatable bonds is 5. The molecule has 0 bridgehead atoms. The third-order valence-corrected chi connectivity index (χ3v) is 4.64. The van der Waals surface area contributed by atoms with Crippen LogP contribution in [0.3, 0.4) is 0 Å². The molecule has 3 unspecified atom stereocenters. The van der Waals surface area contributed by atoms with Gasteiger partial charge in [0.25, 0.3) is 0 Å². The highest BCUT2D eigenvalue weighted by Gasteiger charge is 2.37. The molecule has 0 spiro atoms. The minimum absolute atomic E-state index is 0.127. The van der Waals surface area contributed by atoms with Crippen molar-refractivity contribution in [1.29, 1.82) is 0 Å². The van der Waals surface area contributed by atoms with Crippen LogP contribution in [-0.2, 0) is 4.74 Å². The molecule has 3 atom stereocenters. The van der Waals surface area contributed by atoms with Crippen molar-refractivity contribution in [2.45, 2.75) is 51.7 Å². The van der Waals surface area contributed by atoms with Crippen LogP contribution in [0.1, 0.15) is 45.6 Å². The summed E-state index contributed by atoms with van der Waals surface area (Å²) in [5.74, 6) is 1.20. The lowest BCUT2D eigenvalue weighted by Crippen LogP contribution is -2.49. The SMILES string of the molecule is CC(C)C(CNC1(C)CCOC1C)c1ccccc1. The van der Waals surface area contributed by atoms with E-state index in [2.05, 4.69) is 63.3 Å². The Morgan fingerprint density at radius 1 is 1.32 bits per heavy atom. The Bertz CT molecular complexity index is 390. The normalized spacial score (nSPS) is 28.8. The highest BCUT2D eigenvalue weighted by atomic mass is 16.5. The summed E-state index contributed by atoms with van der Waals surface area (Å²) in [4.78, 5) is 0. The van der Waals surface area contributed by atoms with Crippen molar-refractivity contribution >= 4 is 0 Å². The Morgan fingerprint density at radius 3 is 2.53 bits per heavy atom. The third kappa shape index (κ3) is 3.37. The number of benzene rings is 1. The summed E-state index contributed by atoms with van der Waals surface area (Å²) in [6.45, 7) is 11.0. The highest BCUT2D eigenvalue weighted by molar-refractivity contribution is 5.20. The largest absolute Gasteiger partial charge is 0.377 e. The lowest BCUT2D eigenvalue weighted by atomic mass is 9.86. The number of nitrogens with one attached hydrogen (secondary N) is 1. The van der Waals surface area contributed by atoms with Crippen molar-refractivity contribution in [1.82, 2.24) is 5.32 Å². The Labute approximate surface area is 117 Å². The van der Waals surface area contributed by atoms with Crippen LogP contribution in [0.2, 0.25) is 0 Å².